The molecule has 3 heteroatoms. The Morgan fingerprint density at radius 1 is 1.56 bits per heavy atom. The van der Waals surface area contributed by atoms with Crippen molar-refractivity contribution in [3.8, 4) is 0 Å². The smallest absolute Gasteiger partial charge is 0.141 e. The van der Waals surface area contributed by atoms with Gasteiger partial charge < -0.3 is 0 Å². The lowest BCUT2D eigenvalue weighted by molar-refractivity contribution is 0.950. The highest BCUT2D eigenvalue weighted by atomic mass is 35.5. The van der Waals surface area contributed by atoms with Crippen molar-refractivity contribution in [3.05, 3.63) is 23.1 Å². The van der Waals surface area contributed by atoms with Gasteiger partial charge in [-0.3, -0.25) is 0 Å². The van der Waals surface area contributed by atoms with Gasteiger partial charge in [0, 0.05) is 6.42 Å². The summed E-state index contributed by atoms with van der Waals surface area (Å²) in [5.41, 5.74) is 0. The minimum absolute atomic E-state index is 0.607. The van der Waals surface area contributed by atoms with E-state index in [2.05, 4.69) is 12.6 Å². The molecule has 0 atom stereocenters. The van der Waals surface area contributed by atoms with Crippen molar-refractivity contribution in [1.82, 2.24) is 0 Å². The minimum atomic E-state index is -0.730. The standard InChI is InChI=1S/C6H6Cl2S/c7-6(8)3-1-2-5(9)4-6/h1-3,9H,4H2. The van der Waals surface area contributed by atoms with E-state index in [1.54, 1.807) is 6.08 Å². The highest BCUT2D eigenvalue weighted by Crippen LogP contribution is 2.34. The number of hydrogen-bond acceptors (Lipinski definition) is 1. The molecule has 50 valence electrons. The molecular weight excluding hydrogens is 175 g/mol. The molecule has 0 N–H and O–H groups in total. The van der Waals surface area contributed by atoms with Crippen LogP contribution >= 0.6 is 35.8 Å². The topological polar surface area (TPSA) is 0 Å². The Morgan fingerprint density at radius 2 is 2.22 bits per heavy atom. The number of hydrogen-bond donors (Lipinski definition) is 1. The van der Waals surface area contributed by atoms with E-state index in [0.29, 0.717) is 6.42 Å². The van der Waals surface area contributed by atoms with Crippen LogP contribution in [0.1, 0.15) is 6.42 Å². The summed E-state index contributed by atoms with van der Waals surface area (Å²) in [4.78, 5) is 0.919. The fraction of sp³-hybridized carbons (Fsp3) is 0.333. The Hall–Kier alpha value is 0.410. The van der Waals surface area contributed by atoms with Crippen LogP contribution in [0.15, 0.2) is 23.1 Å². The molecule has 0 saturated heterocycles. The molecule has 0 heterocycles. The van der Waals surface area contributed by atoms with Crippen molar-refractivity contribution in [1.29, 1.82) is 0 Å². The molecule has 0 saturated carbocycles. The van der Waals surface area contributed by atoms with E-state index in [0.717, 1.165) is 4.91 Å². The van der Waals surface area contributed by atoms with Crippen LogP contribution in [0, 0.1) is 0 Å². The molecule has 0 bridgehead atoms. The van der Waals surface area contributed by atoms with E-state index in [1.165, 1.54) is 0 Å². The molecule has 0 radical (unpaired) electrons. The predicted octanol–water partition coefficient (Wildman–Crippen LogP) is 2.93. The number of allylic oxidation sites excluding steroid dienone is 4. The van der Waals surface area contributed by atoms with E-state index in [-0.39, 0.29) is 0 Å². The van der Waals surface area contributed by atoms with Crippen LogP contribution in [0.3, 0.4) is 0 Å². The van der Waals surface area contributed by atoms with Gasteiger partial charge in [-0.05, 0) is 11.0 Å². The molecule has 0 aliphatic heterocycles. The third kappa shape index (κ3) is 2.24. The lowest BCUT2D eigenvalue weighted by Crippen LogP contribution is -2.10. The summed E-state index contributed by atoms with van der Waals surface area (Å²) in [6, 6.07) is 0. The van der Waals surface area contributed by atoms with E-state index < -0.39 is 4.33 Å². The Balaban J connectivity index is 2.73. The molecule has 9 heavy (non-hydrogen) atoms. The Kier molecular flexibility index (Phi) is 2.14. The number of rotatable bonds is 0. The van der Waals surface area contributed by atoms with Crippen LogP contribution < -0.4 is 0 Å². The monoisotopic (exact) mass is 180 g/mol. The largest absolute Gasteiger partial charge is 0.148 e. The lowest BCUT2D eigenvalue weighted by Gasteiger charge is -2.16. The van der Waals surface area contributed by atoms with Gasteiger partial charge in [-0.1, -0.05) is 35.4 Å². The van der Waals surface area contributed by atoms with Crippen LogP contribution in [0.2, 0.25) is 0 Å². The third-order valence-electron chi connectivity index (χ3n) is 1.05. The first-order valence-corrected chi connectivity index (χ1v) is 3.76. The van der Waals surface area contributed by atoms with Gasteiger partial charge in [0.05, 0.1) is 0 Å². The molecule has 0 aromatic rings. The lowest BCUT2D eigenvalue weighted by atomic mass is 10.2. The van der Waals surface area contributed by atoms with Gasteiger partial charge >= 0.3 is 0 Å². The molecule has 0 unspecified atom stereocenters. The van der Waals surface area contributed by atoms with Crippen molar-refractivity contribution in [2.24, 2.45) is 0 Å². The molecule has 0 fully saturated rings. The second kappa shape index (κ2) is 2.57. The van der Waals surface area contributed by atoms with E-state index in [9.17, 15) is 0 Å². The van der Waals surface area contributed by atoms with Crippen LogP contribution in [-0.2, 0) is 0 Å². The fourth-order valence-corrected chi connectivity index (χ4v) is 1.61. The molecule has 0 aromatic carbocycles. The SMILES string of the molecule is SC1=CC=CC(Cl)(Cl)C1. The highest BCUT2D eigenvalue weighted by molar-refractivity contribution is 7.84. The van der Waals surface area contributed by atoms with Gasteiger partial charge in [-0.2, -0.15) is 0 Å². The molecular formula is C6H6Cl2S. The second-order valence-electron chi connectivity index (χ2n) is 1.95. The first-order chi connectivity index (χ1) is 4.10. The van der Waals surface area contributed by atoms with Crippen molar-refractivity contribution in [3.63, 3.8) is 0 Å². The Bertz CT molecular complexity index is 170. The Labute approximate surface area is 69.9 Å². The van der Waals surface area contributed by atoms with Crippen molar-refractivity contribution >= 4 is 35.8 Å². The second-order valence-corrected chi connectivity index (χ2v) is 4.07. The summed E-state index contributed by atoms with van der Waals surface area (Å²) in [6.45, 7) is 0. The summed E-state index contributed by atoms with van der Waals surface area (Å²) >= 11 is 15.6. The van der Waals surface area contributed by atoms with Gasteiger partial charge in [-0.25, -0.2) is 0 Å². The number of halogens is 2. The van der Waals surface area contributed by atoms with Gasteiger partial charge in [0.25, 0.3) is 0 Å². The molecule has 1 aliphatic carbocycles. The van der Waals surface area contributed by atoms with Gasteiger partial charge in [-0.15, -0.1) is 12.6 Å². The van der Waals surface area contributed by atoms with E-state index in [4.69, 9.17) is 23.2 Å². The number of alkyl halides is 2. The molecule has 1 rings (SSSR count). The Morgan fingerprint density at radius 3 is 2.56 bits per heavy atom. The fourth-order valence-electron chi connectivity index (χ4n) is 0.659. The van der Waals surface area contributed by atoms with Gasteiger partial charge in [0.15, 0.2) is 0 Å². The summed E-state index contributed by atoms with van der Waals surface area (Å²) < 4.78 is -0.730. The first-order valence-electron chi connectivity index (χ1n) is 2.55. The molecule has 0 amide bonds. The maximum atomic E-state index is 5.76. The van der Waals surface area contributed by atoms with Crippen molar-refractivity contribution < 1.29 is 0 Å². The quantitative estimate of drug-likeness (QED) is 0.431. The van der Waals surface area contributed by atoms with Crippen molar-refractivity contribution in [2.75, 3.05) is 0 Å². The minimum Gasteiger partial charge on any atom is -0.148 e. The maximum absolute atomic E-state index is 5.76. The van der Waals surface area contributed by atoms with Gasteiger partial charge in [0.1, 0.15) is 4.33 Å². The molecule has 0 spiro atoms. The molecule has 1 aliphatic rings. The van der Waals surface area contributed by atoms with E-state index in [1.807, 2.05) is 12.2 Å². The zero-order chi connectivity index (χ0) is 6.91. The molecule has 0 nitrogen and oxygen atoms in total. The zero-order valence-electron chi connectivity index (χ0n) is 4.64. The molecule has 0 aromatic heterocycles. The van der Waals surface area contributed by atoms with E-state index >= 15 is 0 Å². The highest BCUT2D eigenvalue weighted by Gasteiger charge is 2.22. The van der Waals surface area contributed by atoms with Crippen LogP contribution in [0.25, 0.3) is 0 Å². The van der Waals surface area contributed by atoms with Crippen LogP contribution in [0.4, 0.5) is 0 Å². The normalized spacial score (nSPS) is 23.7. The average Bonchev–Trinajstić information content (AvgIpc) is 1.60. The third-order valence-corrected chi connectivity index (χ3v) is 1.87. The summed E-state index contributed by atoms with van der Waals surface area (Å²) in [7, 11) is 0. The van der Waals surface area contributed by atoms with Gasteiger partial charge in [0.2, 0.25) is 0 Å². The first kappa shape index (κ1) is 7.52. The van der Waals surface area contributed by atoms with Crippen molar-refractivity contribution in [2.45, 2.75) is 10.8 Å². The van der Waals surface area contributed by atoms with Crippen LogP contribution in [-0.4, -0.2) is 4.33 Å². The predicted molar refractivity (Wildman–Crippen MR) is 45.3 cm³/mol. The average molecular weight is 181 g/mol. The summed E-state index contributed by atoms with van der Waals surface area (Å²) in [5, 5.41) is 0. The zero-order valence-corrected chi connectivity index (χ0v) is 7.05. The summed E-state index contributed by atoms with van der Waals surface area (Å²) in [5.74, 6) is 0. The summed E-state index contributed by atoms with van der Waals surface area (Å²) in [6.07, 6.45) is 6.05. The van der Waals surface area contributed by atoms with Crippen LogP contribution in [0.5, 0.6) is 0 Å². The maximum Gasteiger partial charge on any atom is 0.141 e. The number of thiol groups is 1.